The number of aryl methyl sites for hydroxylation is 2. The molecule has 122 valence electrons. The third-order valence-electron chi connectivity index (χ3n) is 3.46. The summed E-state index contributed by atoms with van der Waals surface area (Å²) in [5.41, 5.74) is 3.06. The number of pyridine rings is 1. The second-order valence-corrected chi connectivity index (χ2v) is 5.68. The van der Waals surface area contributed by atoms with Crippen molar-refractivity contribution >= 4 is 23.3 Å². The molecule has 1 aromatic carbocycles. The van der Waals surface area contributed by atoms with Crippen molar-refractivity contribution in [2.45, 2.75) is 26.3 Å². The molecule has 6 heteroatoms. The number of benzene rings is 1. The molecule has 0 aliphatic carbocycles. The number of aromatic nitrogens is 1. The number of amides is 2. The largest absolute Gasteiger partial charge is 0.396 e. The molecule has 23 heavy (non-hydrogen) atoms. The molecule has 0 unspecified atom stereocenters. The highest BCUT2D eigenvalue weighted by Crippen LogP contribution is 2.24. The van der Waals surface area contributed by atoms with Crippen molar-refractivity contribution in [2.24, 2.45) is 0 Å². The third-order valence-corrected chi connectivity index (χ3v) is 3.74. The molecule has 1 heterocycles. The van der Waals surface area contributed by atoms with Crippen molar-refractivity contribution in [3.8, 4) is 0 Å². The minimum absolute atomic E-state index is 0.0221. The Hall–Kier alpha value is -2.11. The lowest BCUT2D eigenvalue weighted by Gasteiger charge is -2.19. The first-order chi connectivity index (χ1) is 11.0. The fourth-order valence-electron chi connectivity index (χ4n) is 2.39. The Morgan fingerprint density at radius 3 is 2.61 bits per heavy atom. The molecule has 0 saturated carbocycles. The fraction of sp³-hybridized carbons (Fsp3) is 0.294. The van der Waals surface area contributed by atoms with Gasteiger partial charge in [0.2, 0.25) is 0 Å². The van der Waals surface area contributed by atoms with Gasteiger partial charge >= 0.3 is 6.03 Å². The van der Waals surface area contributed by atoms with E-state index in [0.29, 0.717) is 12.1 Å². The van der Waals surface area contributed by atoms with E-state index in [-0.39, 0.29) is 23.8 Å². The first kappa shape index (κ1) is 17.2. The van der Waals surface area contributed by atoms with Crippen LogP contribution in [0, 0.1) is 13.8 Å². The monoisotopic (exact) mass is 333 g/mol. The van der Waals surface area contributed by atoms with Crippen LogP contribution in [0.2, 0.25) is 5.15 Å². The second-order valence-electron chi connectivity index (χ2n) is 5.32. The lowest BCUT2D eigenvalue weighted by atomic mass is 10.0. The number of carbonyl (C=O) groups is 1. The van der Waals surface area contributed by atoms with Gasteiger partial charge in [0.05, 0.1) is 11.7 Å². The predicted octanol–water partition coefficient (Wildman–Crippen LogP) is 3.60. The van der Waals surface area contributed by atoms with E-state index in [1.165, 1.54) is 0 Å². The number of aliphatic hydroxyl groups excluding tert-OH is 1. The van der Waals surface area contributed by atoms with Gasteiger partial charge in [0, 0.05) is 12.3 Å². The van der Waals surface area contributed by atoms with E-state index in [1.807, 2.05) is 50.2 Å². The number of rotatable bonds is 5. The molecule has 0 aliphatic heterocycles. The number of nitrogens with zero attached hydrogens (tertiary/aromatic N) is 1. The van der Waals surface area contributed by atoms with Gasteiger partial charge in [0.15, 0.2) is 5.15 Å². The van der Waals surface area contributed by atoms with Crippen molar-refractivity contribution in [3.63, 3.8) is 0 Å². The van der Waals surface area contributed by atoms with Gasteiger partial charge in [0.25, 0.3) is 0 Å². The van der Waals surface area contributed by atoms with Crippen LogP contribution in [0.1, 0.15) is 29.3 Å². The van der Waals surface area contributed by atoms with E-state index in [2.05, 4.69) is 15.6 Å². The van der Waals surface area contributed by atoms with Crippen LogP contribution in [-0.4, -0.2) is 22.7 Å². The smallest absolute Gasteiger partial charge is 0.319 e. The fourth-order valence-corrected chi connectivity index (χ4v) is 2.72. The topological polar surface area (TPSA) is 74.2 Å². The van der Waals surface area contributed by atoms with Crippen molar-refractivity contribution in [1.29, 1.82) is 0 Å². The van der Waals surface area contributed by atoms with Gasteiger partial charge < -0.3 is 15.7 Å². The maximum atomic E-state index is 12.3. The summed E-state index contributed by atoms with van der Waals surface area (Å²) in [6.45, 7) is 3.68. The molecular weight excluding hydrogens is 314 g/mol. The van der Waals surface area contributed by atoms with E-state index in [0.717, 1.165) is 16.8 Å². The summed E-state index contributed by atoms with van der Waals surface area (Å²) in [4.78, 5) is 16.4. The van der Waals surface area contributed by atoms with Crippen LogP contribution >= 0.6 is 11.6 Å². The molecule has 0 bridgehead atoms. The standard InChI is InChI=1S/C17H20ClN3O2/c1-11-10-12(2)19-16(18)15(11)21-17(23)20-14(8-9-22)13-6-4-3-5-7-13/h3-7,10,14,22H,8-9H2,1-2H3,(H2,20,21,23)/t14-/m1/s1. The Morgan fingerprint density at radius 1 is 1.30 bits per heavy atom. The molecule has 1 aromatic heterocycles. The van der Waals surface area contributed by atoms with Crippen LogP contribution in [0.5, 0.6) is 0 Å². The molecule has 0 saturated heterocycles. The van der Waals surface area contributed by atoms with E-state index in [9.17, 15) is 9.90 Å². The van der Waals surface area contributed by atoms with E-state index >= 15 is 0 Å². The normalized spacial score (nSPS) is 11.8. The molecule has 0 spiro atoms. The van der Waals surface area contributed by atoms with Gasteiger partial charge in [-0.25, -0.2) is 9.78 Å². The van der Waals surface area contributed by atoms with Gasteiger partial charge in [-0.15, -0.1) is 0 Å². The summed E-state index contributed by atoms with van der Waals surface area (Å²) >= 11 is 6.10. The number of hydrogen-bond acceptors (Lipinski definition) is 3. The maximum absolute atomic E-state index is 12.3. The number of urea groups is 1. The van der Waals surface area contributed by atoms with Crippen LogP contribution in [0.4, 0.5) is 10.5 Å². The summed E-state index contributed by atoms with van der Waals surface area (Å²) in [5, 5.41) is 15.1. The summed E-state index contributed by atoms with van der Waals surface area (Å²) < 4.78 is 0. The Morgan fingerprint density at radius 2 is 2.00 bits per heavy atom. The Bertz CT molecular complexity index is 654. The Balaban J connectivity index is 2.11. The number of nitrogens with one attached hydrogen (secondary N) is 2. The minimum atomic E-state index is -0.386. The highest BCUT2D eigenvalue weighted by atomic mass is 35.5. The van der Waals surface area contributed by atoms with Crippen molar-refractivity contribution < 1.29 is 9.90 Å². The molecule has 1 atom stereocenters. The summed E-state index contributed by atoms with van der Waals surface area (Å²) in [7, 11) is 0. The zero-order valence-electron chi connectivity index (χ0n) is 13.1. The highest BCUT2D eigenvalue weighted by Gasteiger charge is 2.16. The van der Waals surface area contributed by atoms with Gasteiger partial charge in [-0.3, -0.25) is 0 Å². The first-order valence-electron chi connectivity index (χ1n) is 7.38. The van der Waals surface area contributed by atoms with Crippen LogP contribution in [0.25, 0.3) is 0 Å². The van der Waals surface area contributed by atoms with Crippen LogP contribution in [0.3, 0.4) is 0 Å². The Labute approximate surface area is 140 Å². The Kier molecular flexibility index (Phi) is 5.96. The lowest BCUT2D eigenvalue weighted by Crippen LogP contribution is -2.33. The van der Waals surface area contributed by atoms with Crippen molar-refractivity contribution in [3.05, 3.63) is 58.4 Å². The molecule has 2 rings (SSSR count). The number of hydrogen-bond donors (Lipinski definition) is 3. The van der Waals surface area contributed by atoms with Crippen LogP contribution in [-0.2, 0) is 0 Å². The molecular formula is C17H20ClN3O2. The van der Waals surface area contributed by atoms with Gasteiger partial charge in [-0.2, -0.15) is 0 Å². The summed E-state index contributed by atoms with van der Waals surface area (Å²) in [5.74, 6) is 0. The zero-order chi connectivity index (χ0) is 16.8. The second kappa shape index (κ2) is 7.94. The predicted molar refractivity (Wildman–Crippen MR) is 91.8 cm³/mol. The SMILES string of the molecule is Cc1cc(C)c(NC(=O)N[C@H](CCO)c2ccccc2)c(Cl)n1. The van der Waals surface area contributed by atoms with E-state index in [1.54, 1.807) is 0 Å². The molecule has 0 radical (unpaired) electrons. The first-order valence-corrected chi connectivity index (χ1v) is 7.76. The number of halogens is 1. The lowest BCUT2D eigenvalue weighted by molar-refractivity contribution is 0.239. The van der Waals surface area contributed by atoms with Crippen LogP contribution in [0.15, 0.2) is 36.4 Å². The quantitative estimate of drug-likeness (QED) is 0.732. The number of aliphatic hydroxyl groups is 1. The van der Waals surface area contributed by atoms with Gasteiger partial charge in [-0.05, 0) is 37.5 Å². The average molecular weight is 334 g/mol. The minimum Gasteiger partial charge on any atom is -0.396 e. The molecule has 5 nitrogen and oxygen atoms in total. The number of carbonyl (C=O) groups excluding carboxylic acids is 1. The molecule has 0 aliphatic rings. The average Bonchev–Trinajstić information content (AvgIpc) is 2.51. The maximum Gasteiger partial charge on any atom is 0.319 e. The van der Waals surface area contributed by atoms with E-state index in [4.69, 9.17) is 11.6 Å². The van der Waals surface area contributed by atoms with Crippen LogP contribution < -0.4 is 10.6 Å². The van der Waals surface area contributed by atoms with Crippen molar-refractivity contribution in [1.82, 2.24) is 10.3 Å². The van der Waals surface area contributed by atoms with Crippen molar-refractivity contribution in [2.75, 3.05) is 11.9 Å². The highest BCUT2D eigenvalue weighted by molar-refractivity contribution is 6.32. The van der Waals surface area contributed by atoms with Gasteiger partial charge in [-0.1, -0.05) is 41.9 Å². The molecule has 3 N–H and O–H groups in total. The number of anilines is 1. The molecule has 0 fully saturated rings. The third kappa shape index (κ3) is 4.68. The molecule has 2 amide bonds. The summed E-state index contributed by atoms with van der Waals surface area (Å²) in [6, 6.07) is 10.7. The van der Waals surface area contributed by atoms with E-state index < -0.39 is 0 Å². The van der Waals surface area contributed by atoms with Gasteiger partial charge in [0.1, 0.15) is 0 Å². The molecule has 2 aromatic rings. The summed E-state index contributed by atoms with van der Waals surface area (Å²) in [6.07, 6.45) is 0.427. The zero-order valence-corrected chi connectivity index (χ0v) is 13.9.